The Bertz CT molecular complexity index is 640. The molecular formula is C17H20N4. The number of nitrogens with two attached hydrogens (primary N) is 1. The van der Waals surface area contributed by atoms with Crippen LogP contribution in [0.4, 0.5) is 22.7 Å². The lowest BCUT2D eigenvalue weighted by Crippen LogP contribution is -2.17. The Morgan fingerprint density at radius 2 is 1.67 bits per heavy atom. The highest BCUT2D eigenvalue weighted by molar-refractivity contribution is 5.55. The minimum atomic E-state index is 0.751. The number of aryl methyl sites for hydroxylation is 1. The van der Waals surface area contributed by atoms with Crippen LogP contribution < -0.4 is 10.6 Å². The van der Waals surface area contributed by atoms with Crippen molar-refractivity contribution in [3.63, 3.8) is 0 Å². The molecule has 0 saturated carbocycles. The molecule has 4 heteroatoms. The molecule has 0 spiro atoms. The van der Waals surface area contributed by atoms with E-state index >= 15 is 0 Å². The van der Waals surface area contributed by atoms with Gasteiger partial charge in [0.15, 0.2) is 0 Å². The van der Waals surface area contributed by atoms with Crippen molar-refractivity contribution < 1.29 is 0 Å². The molecule has 0 amide bonds. The summed E-state index contributed by atoms with van der Waals surface area (Å²) in [6.07, 6.45) is 2.58. The van der Waals surface area contributed by atoms with Gasteiger partial charge < -0.3 is 10.6 Å². The first-order valence-corrected chi connectivity index (χ1v) is 7.35. The SMILES string of the molecule is Cc1cc(N)ccc1N=Nc1ccc(N2CCCC2)cc1. The van der Waals surface area contributed by atoms with Crippen LogP contribution in [-0.4, -0.2) is 13.1 Å². The highest BCUT2D eigenvalue weighted by atomic mass is 15.1. The molecule has 1 fully saturated rings. The highest BCUT2D eigenvalue weighted by Crippen LogP contribution is 2.26. The summed E-state index contributed by atoms with van der Waals surface area (Å²) in [6, 6.07) is 13.9. The van der Waals surface area contributed by atoms with E-state index < -0.39 is 0 Å². The third-order valence-corrected chi connectivity index (χ3v) is 3.81. The maximum absolute atomic E-state index is 5.73. The molecule has 0 bridgehead atoms. The first-order valence-electron chi connectivity index (χ1n) is 7.35. The van der Waals surface area contributed by atoms with E-state index in [1.54, 1.807) is 0 Å². The molecule has 3 rings (SSSR count). The van der Waals surface area contributed by atoms with Crippen molar-refractivity contribution in [1.82, 2.24) is 0 Å². The standard InChI is InChI=1S/C17H20N4/c1-13-12-14(18)4-9-17(13)20-19-15-5-7-16(8-6-15)21-10-2-3-11-21/h4-9,12H,2-3,10-11,18H2,1H3. The van der Waals surface area contributed by atoms with Gasteiger partial charge in [-0.3, -0.25) is 0 Å². The number of nitrogen functional groups attached to an aromatic ring is 1. The number of benzene rings is 2. The molecule has 0 radical (unpaired) electrons. The van der Waals surface area contributed by atoms with Gasteiger partial charge in [0.25, 0.3) is 0 Å². The van der Waals surface area contributed by atoms with Gasteiger partial charge >= 0.3 is 0 Å². The van der Waals surface area contributed by atoms with E-state index in [0.717, 1.165) is 35.7 Å². The van der Waals surface area contributed by atoms with Crippen LogP contribution in [0.2, 0.25) is 0 Å². The highest BCUT2D eigenvalue weighted by Gasteiger charge is 2.11. The van der Waals surface area contributed by atoms with Crippen molar-refractivity contribution in [3.8, 4) is 0 Å². The topological polar surface area (TPSA) is 54.0 Å². The number of rotatable bonds is 3. The zero-order valence-electron chi connectivity index (χ0n) is 12.3. The average Bonchev–Trinajstić information content (AvgIpc) is 3.01. The molecule has 108 valence electrons. The molecule has 1 aliphatic rings. The minimum Gasteiger partial charge on any atom is -0.399 e. The fraction of sp³-hybridized carbons (Fsp3) is 0.294. The van der Waals surface area contributed by atoms with E-state index in [-0.39, 0.29) is 0 Å². The molecule has 0 aliphatic carbocycles. The van der Waals surface area contributed by atoms with Gasteiger partial charge in [-0.05, 0) is 67.8 Å². The van der Waals surface area contributed by atoms with Crippen molar-refractivity contribution in [2.45, 2.75) is 19.8 Å². The molecule has 0 unspecified atom stereocenters. The van der Waals surface area contributed by atoms with Gasteiger partial charge in [-0.1, -0.05) is 0 Å². The average molecular weight is 280 g/mol. The number of anilines is 2. The lowest BCUT2D eigenvalue weighted by Gasteiger charge is -2.17. The third-order valence-electron chi connectivity index (χ3n) is 3.81. The van der Waals surface area contributed by atoms with Gasteiger partial charge in [-0.2, -0.15) is 10.2 Å². The van der Waals surface area contributed by atoms with Crippen LogP contribution in [0.3, 0.4) is 0 Å². The van der Waals surface area contributed by atoms with Crippen molar-refractivity contribution in [2.75, 3.05) is 23.7 Å². The predicted octanol–water partition coefficient (Wildman–Crippen LogP) is 4.59. The van der Waals surface area contributed by atoms with Crippen LogP contribution in [0.15, 0.2) is 52.7 Å². The van der Waals surface area contributed by atoms with Gasteiger partial charge in [-0.25, -0.2) is 0 Å². The van der Waals surface area contributed by atoms with Crippen LogP contribution in [0.5, 0.6) is 0 Å². The summed E-state index contributed by atoms with van der Waals surface area (Å²) < 4.78 is 0. The number of hydrogen-bond donors (Lipinski definition) is 1. The molecule has 0 atom stereocenters. The van der Waals surface area contributed by atoms with Crippen LogP contribution in [0.1, 0.15) is 18.4 Å². The number of nitrogens with zero attached hydrogens (tertiary/aromatic N) is 3. The molecule has 4 nitrogen and oxygen atoms in total. The van der Waals surface area contributed by atoms with Gasteiger partial charge in [0.1, 0.15) is 0 Å². The second-order valence-electron chi connectivity index (χ2n) is 5.46. The van der Waals surface area contributed by atoms with E-state index in [9.17, 15) is 0 Å². The molecule has 0 aromatic heterocycles. The quantitative estimate of drug-likeness (QED) is 0.660. The van der Waals surface area contributed by atoms with E-state index in [2.05, 4.69) is 27.3 Å². The summed E-state index contributed by atoms with van der Waals surface area (Å²) in [5, 5.41) is 8.60. The monoisotopic (exact) mass is 280 g/mol. The number of hydrogen-bond acceptors (Lipinski definition) is 4. The summed E-state index contributed by atoms with van der Waals surface area (Å²) in [4.78, 5) is 2.41. The van der Waals surface area contributed by atoms with Crippen LogP contribution >= 0.6 is 0 Å². The normalized spacial score (nSPS) is 15.0. The summed E-state index contributed by atoms with van der Waals surface area (Å²) in [6.45, 7) is 4.30. The first kappa shape index (κ1) is 13.6. The summed E-state index contributed by atoms with van der Waals surface area (Å²) in [5.74, 6) is 0. The van der Waals surface area contributed by atoms with E-state index in [1.807, 2.05) is 37.3 Å². The van der Waals surface area contributed by atoms with Crippen LogP contribution in [-0.2, 0) is 0 Å². The lowest BCUT2D eigenvalue weighted by molar-refractivity contribution is 0.949. The second-order valence-corrected chi connectivity index (χ2v) is 5.46. The van der Waals surface area contributed by atoms with Crippen molar-refractivity contribution >= 4 is 22.7 Å². The maximum Gasteiger partial charge on any atom is 0.0887 e. The molecular weight excluding hydrogens is 260 g/mol. The smallest absolute Gasteiger partial charge is 0.0887 e. The van der Waals surface area contributed by atoms with Crippen molar-refractivity contribution in [1.29, 1.82) is 0 Å². The first-order chi connectivity index (χ1) is 10.2. The van der Waals surface area contributed by atoms with E-state index in [1.165, 1.54) is 18.5 Å². The Morgan fingerprint density at radius 1 is 0.952 bits per heavy atom. The van der Waals surface area contributed by atoms with Crippen molar-refractivity contribution in [3.05, 3.63) is 48.0 Å². The molecule has 2 aromatic carbocycles. The van der Waals surface area contributed by atoms with Crippen LogP contribution in [0, 0.1) is 6.92 Å². The summed E-state index contributed by atoms with van der Waals surface area (Å²) in [5.41, 5.74) is 10.5. The molecule has 1 heterocycles. The van der Waals surface area contributed by atoms with Gasteiger partial charge in [0.05, 0.1) is 11.4 Å². The Hall–Kier alpha value is -2.36. The van der Waals surface area contributed by atoms with E-state index in [4.69, 9.17) is 5.73 Å². The maximum atomic E-state index is 5.73. The zero-order valence-corrected chi connectivity index (χ0v) is 12.3. The largest absolute Gasteiger partial charge is 0.399 e. The molecule has 1 aliphatic heterocycles. The molecule has 2 aromatic rings. The Balaban J connectivity index is 1.73. The number of azo groups is 1. The minimum absolute atomic E-state index is 0.751. The third kappa shape index (κ3) is 3.21. The van der Waals surface area contributed by atoms with Crippen molar-refractivity contribution in [2.24, 2.45) is 10.2 Å². The lowest BCUT2D eigenvalue weighted by atomic mass is 10.2. The zero-order chi connectivity index (χ0) is 14.7. The summed E-state index contributed by atoms with van der Waals surface area (Å²) >= 11 is 0. The molecule has 21 heavy (non-hydrogen) atoms. The Labute approximate surface area is 125 Å². The summed E-state index contributed by atoms with van der Waals surface area (Å²) in [7, 11) is 0. The Kier molecular flexibility index (Phi) is 3.86. The fourth-order valence-electron chi connectivity index (χ4n) is 2.61. The Morgan fingerprint density at radius 3 is 2.33 bits per heavy atom. The van der Waals surface area contributed by atoms with Gasteiger partial charge in [0, 0.05) is 24.5 Å². The molecule has 2 N–H and O–H groups in total. The second kappa shape index (κ2) is 5.95. The van der Waals surface area contributed by atoms with Crippen LogP contribution in [0.25, 0.3) is 0 Å². The molecule has 1 saturated heterocycles. The van der Waals surface area contributed by atoms with Gasteiger partial charge in [-0.15, -0.1) is 0 Å². The predicted molar refractivity (Wildman–Crippen MR) is 87.7 cm³/mol. The van der Waals surface area contributed by atoms with Gasteiger partial charge in [0.2, 0.25) is 0 Å². The fourth-order valence-corrected chi connectivity index (χ4v) is 2.61. The van der Waals surface area contributed by atoms with E-state index in [0.29, 0.717) is 0 Å².